The lowest BCUT2D eigenvalue weighted by molar-refractivity contribution is -0.119. The van der Waals surface area contributed by atoms with Gasteiger partial charge >= 0.3 is 6.03 Å². The van der Waals surface area contributed by atoms with Gasteiger partial charge in [0.05, 0.1) is 15.6 Å². The predicted octanol–water partition coefficient (Wildman–Crippen LogP) is 3.67. The number of urea groups is 1. The highest BCUT2D eigenvalue weighted by atomic mass is 35.5. The Morgan fingerprint density at radius 2 is 1.91 bits per heavy atom. The fourth-order valence-electron chi connectivity index (χ4n) is 4.69. The molecule has 8 nitrogen and oxygen atoms in total. The molecule has 2 aromatic rings. The highest BCUT2D eigenvalue weighted by Gasteiger charge is 2.41. The number of nitrogens with zero attached hydrogens (tertiary/aromatic N) is 5. The van der Waals surface area contributed by atoms with Crippen LogP contribution in [0.3, 0.4) is 0 Å². The second kappa shape index (κ2) is 10.5. The van der Waals surface area contributed by atoms with Crippen LogP contribution < -0.4 is 5.32 Å². The Hall–Kier alpha value is -3.02. The van der Waals surface area contributed by atoms with Crippen molar-refractivity contribution in [3.8, 4) is 6.07 Å². The van der Waals surface area contributed by atoms with Crippen molar-refractivity contribution in [1.29, 1.82) is 5.26 Å². The van der Waals surface area contributed by atoms with Crippen LogP contribution in [0.5, 0.6) is 0 Å². The molecule has 1 aromatic heterocycles. The Balaban J connectivity index is 1.53. The van der Waals surface area contributed by atoms with E-state index in [1.807, 2.05) is 21.9 Å². The van der Waals surface area contributed by atoms with E-state index < -0.39 is 0 Å². The zero-order valence-electron chi connectivity index (χ0n) is 18.8. The van der Waals surface area contributed by atoms with Gasteiger partial charge in [0.1, 0.15) is 11.9 Å². The van der Waals surface area contributed by atoms with Gasteiger partial charge in [0, 0.05) is 63.3 Å². The van der Waals surface area contributed by atoms with Gasteiger partial charge in [-0.3, -0.25) is 4.79 Å². The molecule has 34 heavy (non-hydrogen) atoms. The number of nitrogens with one attached hydrogen (secondary N) is 1. The van der Waals surface area contributed by atoms with Crippen LogP contribution in [0.25, 0.3) is 0 Å². The summed E-state index contributed by atoms with van der Waals surface area (Å²) < 4.78 is 0. The summed E-state index contributed by atoms with van der Waals surface area (Å²) in [5.41, 5.74) is 1.53. The number of carbonyl (C=O) groups excluding carboxylic acids is 2. The smallest absolute Gasteiger partial charge is 0.320 e. The number of benzene rings is 1. The fourth-order valence-corrected chi connectivity index (χ4v) is 5.00. The van der Waals surface area contributed by atoms with Crippen LogP contribution >= 0.6 is 23.2 Å². The summed E-state index contributed by atoms with van der Waals surface area (Å²) in [6, 6.07) is 11.2. The second-order valence-corrected chi connectivity index (χ2v) is 9.55. The van der Waals surface area contributed by atoms with Crippen molar-refractivity contribution in [2.75, 3.05) is 44.6 Å². The number of hydrogen-bond acceptors (Lipinski definition) is 5. The van der Waals surface area contributed by atoms with E-state index in [4.69, 9.17) is 28.5 Å². The number of likely N-dealkylation sites (tertiary alicyclic amines) is 1. The van der Waals surface area contributed by atoms with Gasteiger partial charge in [-0.2, -0.15) is 5.26 Å². The summed E-state index contributed by atoms with van der Waals surface area (Å²) in [5.74, 6) is 0.819. The first kappa shape index (κ1) is 24.1. The van der Waals surface area contributed by atoms with Crippen LogP contribution in [0.1, 0.15) is 24.0 Å². The van der Waals surface area contributed by atoms with Crippen molar-refractivity contribution in [2.45, 2.75) is 18.9 Å². The zero-order chi connectivity index (χ0) is 24.2. The monoisotopic (exact) mass is 500 g/mol. The summed E-state index contributed by atoms with van der Waals surface area (Å²) in [6.45, 7) is 5.35. The molecule has 0 bridgehead atoms. The lowest BCUT2D eigenvalue weighted by atomic mass is 9.84. The zero-order valence-corrected chi connectivity index (χ0v) is 20.3. The molecule has 0 aliphatic carbocycles. The number of piperazine rings is 1. The average molecular weight is 501 g/mol. The number of halogens is 2. The Bertz CT molecular complexity index is 1080. The third-order valence-corrected chi connectivity index (χ3v) is 7.39. The molecule has 0 radical (unpaired) electrons. The SMILES string of the molecule is CC(Nc1ccc(C#N)cn1)C1CN(C(=O)N2CCN(C=O)CC2)CC1c1ccc(Cl)c(Cl)c1. The minimum atomic E-state index is -0.0122. The van der Waals surface area contributed by atoms with E-state index in [2.05, 4.69) is 23.3 Å². The quantitative estimate of drug-likeness (QED) is 0.632. The molecule has 0 saturated carbocycles. The number of aromatic nitrogens is 1. The largest absolute Gasteiger partial charge is 0.367 e. The molecular formula is C24H26Cl2N6O2. The maximum atomic E-state index is 13.3. The van der Waals surface area contributed by atoms with Crippen molar-refractivity contribution in [2.24, 2.45) is 5.92 Å². The highest BCUT2D eigenvalue weighted by molar-refractivity contribution is 6.42. The summed E-state index contributed by atoms with van der Waals surface area (Å²) in [7, 11) is 0. The minimum Gasteiger partial charge on any atom is -0.367 e. The van der Waals surface area contributed by atoms with E-state index in [-0.39, 0.29) is 23.9 Å². The van der Waals surface area contributed by atoms with Crippen molar-refractivity contribution in [3.63, 3.8) is 0 Å². The Labute approximate surface area is 209 Å². The standard InChI is InChI=1S/C24H26Cl2N6O2/c1-16(29-23-5-2-17(11-27)12-28-23)19-13-32(24(34)31-8-6-30(15-33)7-9-31)14-20(19)18-3-4-21(25)22(26)10-18/h2-5,10,12,15-16,19-20H,6-9,13-14H2,1H3,(H,28,29). The van der Waals surface area contributed by atoms with E-state index in [0.717, 1.165) is 12.0 Å². The fraction of sp³-hybridized carbons (Fsp3) is 0.417. The van der Waals surface area contributed by atoms with Crippen LogP contribution in [0.4, 0.5) is 10.6 Å². The second-order valence-electron chi connectivity index (χ2n) is 8.74. The first-order valence-electron chi connectivity index (χ1n) is 11.2. The molecule has 4 rings (SSSR count). The average Bonchev–Trinajstić information content (AvgIpc) is 3.31. The van der Waals surface area contributed by atoms with Crippen LogP contribution in [-0.2, 0) is 4.79 Å². The maximum absolute atomic E-state index is 13.3. The molecule has 2 aliphatic heterocycles. The van der Waals surface area contributed by atoms with Crippen molar-refractivity contribution < 1.29 is 9.59 Å². The molecular weight excluding hydrogens is 475 g/mol. The molecule has 2 aliphatic rings. The third kappa shape index (κ3) is 5.21. The van der Waals surface area contributed by atoms with Gasteiger partial charge in [0.2, 0.25) is 6.41 Å². The summed E-state index contributed by atoms with van der Waals surface area (Å²) in [4.78, 5) is 34.1. The van der Waals surface area contributed by atoms with Crippen LogP contribution in [0.2, 0.25) is 10.0 Å². The Kier molecular flexibility index (Phi) is 7.44. The Morgan fingerprint density at radius 3 is 2.53 bits per heavy atom. The van der Waals surface area contributed by atoms with E-state index in [1.165, 1.54) is 6.20 Å². The molecule has 3 amide bonds. The van der Waals surface area contributed by atoms with Gasteiger partial charge < -0.3 is 20.0 Å². The summed E-state index contributed by atoms with van der Waals surface area (Å²) in [6.07, 6.45) is 2.37. The lowest BCUT2D eigenvalue weighted by Gasteiger charge is -2.35. The minimum absolute atomic E-state index is 0.00963. The summed E-state index contributed by atoms with van der Waals surface area (Å²) in [5, 5.41) is 13.4. The van der Waals surface area contributed by atoms with E-state index >= 15 is 0 Å². The predicted molar refractivity (Wildman–Crippen MR) is 131 cm³/mol. The number of anilines is 1. The number of rotatable bonds is 5. The molecule has 2 saturated heterocycles. The van der Waals surface area contributed by atoms with Gasteiger partial charge in [0.15, 0.2) is 0 Å². The van der Waals surface area contributed by atoms with Crippen LogP contribution in [-0.4, -0.2) is 77.4 Å². The van der Waals surface area contributed by atoms with Gasteiger partial charge in [-0.25, -0.2) is 9.78 Å². The van der Waals surface area contributed by atoms with Gasteiger partial charge in [-0.15, -0.1) is 0 Å². The molecule has 10 heteroatoms. The molecule has 3 heterocycles. The molecule has 3 atom stereocenters. The molecule has 0 spiro atoms. The number of pyridine rings is 1. The first-order valence-corrected chi connectivity index (χ1v) is 12.0. The summed E-state index contributed by atoms with van der Waals surface area (Å²) >= 11 is 12.5. The van der Waals surface area contributed by atoms with Crippen molar-refractivity contribution in [3.05, 3.63) is 57.7 Å². The number of hydrogen-bond donors (Lipinski definition) is 1. The lowest BCUT2D eigenvalue weighted by Crippen LogP contribution is -2.52. The number of carbonyl (C=O) groups is 2. The Morgan fingerprint density at radius 1 is 1.15 bits per heavy atom. The molecule has 3 unspecified atom stereocenters. The molecule has 2 fully saturated rings. The molecule has 1 N–H and O–H groups in total. The van der Waals surface area contributed by atoms with Crippen molar-refractivity contribution >= 4 is 41.5 Å². The number of nitriles is 1. The van der Waals surface area contributed by atoms with Gasteiger partial charge in [-0.05, 0) is 36.8 Å². The van der Waals surface area contributed by atoms with E-state index in [9.17, 15) is 9.59 Å². The van der Waals surface area contributed by atoms with Crippen molar-refractivity contribution in [1.82, 2.24) is 19.7 Å². The maximum Gasteiger partial charge on any atom is 0.320 e. The highest BCUT2D eigenvalue weighted by Crippen LogP contribution is 2.38. The first-order chi connectivity index (χ1) is 16.4. The van der Waals surface area contributed by atoms with E-state index in [1.54, 1.807) is 23.1 Å². The van der Waals surface area contributed by atoms with Crippen LogP contribution in [0, 0.1) is 17.2 Å². The topological polar surface area (TPSA) is 92.6 Å². The number of amides is 3. The molecule has 1 aromatic carbocycles. The van der Waals surface area contributed by atoms with Crippen LogP contribution in [0.15, 0.2) is 36.5 Å². The van der Waals surface area contributed by atoms with Gasteiger partial charge in [0.25, 0.3) is 0 Å². The third-order valence-electron chi connectivity index (χ3n) is 6.65. The van der Waals surface area contributed by atoms with E-state index in [0.29, 0.717) is 60.7 Å². The normalized spacial score (nSPS) is 21.2. The van der Waals surface area contributed by atoms with Gasteiger partial charge in [-0.1, -0.05) is 29.3 Å². The molecule has 178 valence electrons.